The molecule has 1 aromatic carbocycles. The predicted octanol–water partition coefficient (Wildman–Crippen LogP) is 5.39. The predicted molar refractivity (Wildman–Crippen MR) is 124 cm³/mol. The van der Waals surface area contributed by atoms with Crippen molar-refractivity contribution < 1.29 is 4.79 Å². The van der Waals surface area contributed by atoms with E-state index in [2.05, 4.69) is 22.5 Å². The zero-order valence-corrected chi connectivity index (χ0v) is 19.2. The Kier molecular flexibility index (Phi) is 5.97. The molecule has 156 valence electrons. The van der Waals surface area contributed by atoms with Crippen LogP contribution in [0.5, 0.6) is 0 Å². The van der Waals surface area contributed by atoms with Crippen LogP contribution < -0.4 is 10.6 Å². The number of thioether (sulfide) groups is 1. The number of hydrogen-bond acceptors (Lipinski definition) is 6. The van der Waals surface area contributed by atoms with Crippen molar-refractivity contribution in [3.8, 4) is 0 Å². The molecule has 3 aromatic rings. The molecule has 30 heavy (non-hydrogen) atoms. The lowest BCUT2D eigenvalue weighted by molar-refractivity contribution is -0.113. The lowest BCUT2D eigenvalue weighted by atomic mass is 10.00. The first-order valence-electron chi connectivity index (χ1n) is 9.97. The van der Waals surface area contributed by atoms with Crippen LogP contribution in [0, 0.1) is 13.8 Å². The molecule has 1 aliphatic heterocycles. The van der Waals surface area contributed by atoms with Crippen molar-refractivity contribution in [2.24, 2.45) is 0 Å². The van der Waals surface area contributed by atoms with Gasteiger partial charge in [0.05, 0.1) is 5.57 Å². The zero-order valence-electron chi connectivity index (χ0n) is 17.5. The molecule has 0 fully saturated rings. The van der Waals surface area contributed by atoms with Crippen molar-refractivity contribution in [3.05, 3.63) is 63.0 Å². The van der Waals surface area contributed by atoms with Gasteiger partial charge in [-0.15, -0.1) is 16.4 Å². The van der Waals surface area contributed by atoms with Crippen LogP contribution in [-0.4, -0.2) is 26.4 Å². The second-order valence-corrected chi connectivity index (χ2v) is 9.34. The Morgan fingerprint density at radius 3 is 2.83 bits per heavy atom. The molecule has 0 radical (unpaired) electrons. The van der Waals surface area contributed by atoms with Gasteiger partial charge in [-0.3, -0.25) is 4.79 Å². The quantitative estimate of drug-likeness (QED) is 0.504. The summed E-state index contributed by atoms with van der Waals surface area (Å²) in [6.45, 7) is 8.13. The minimum Gasteiger partial charge on any atom is -0.328 e. The van der Waals surface area contributed by atoms with Crippen LogP contribution in [0.25, 0.3) is 0 Å². The van der Waals surface area contributed by atoms with E-state index in [0.29, 0.717) is 11.5 Å². The highest BCUT2D eigenvalue weighted by molar-refractivity contribution is 7.99. The van der Waals surface area contributed by atoms with Gasteiger partial charge in [0.1, 0.15) is 6.04 Å². The summed E-state index contributed by atoms with van der Waals surface area (Å²) in [5, 5.41) is 13.9. The van der Waals surface area contributed by atoms with E-state index in [9.17, 15) is 4.79 Å². The summed E-state index contributed by atoms with van der Waals surface area (Å²) in [5.41, 5.74) is 4.49. The molecule has 1 amide bonds. The molecule has 0 aliphatic carbocycles. The summed E-state index contributed by atoms with van der Waals surface area (Å²) in [6, 6.07) is 9.68. The number of carbonyl (C=O) groups is 1. The Labute approximate surface area is 184 Å². The highest BCUT2D eigenvalue weighted by Gasteiger charge is 2.35. The number of amides is 1. The van der Waals surface area contributed by atoms with Gasteiger partial charge in [0.25, 0.3) is 5.91 Å². The van der Waals surface area contributed by atoms with Crippen molar-refractivity contribution in [1.82, 2.24) is 14.8 Å². The topological polar surface area (TPSA) is 71.8 Å². The third kappa shape index (κ3) is 3.89. The van der Waals surface area contributed by atoms with Gasteiger partial charge in [-0.25, -0.2) is 4.68 Å². The molecular formula is C22H25N5OS2. The highest BCUT2D eigenvalue weighted by Crippen LogP contribution is 2.38. The molecule has 0 saturated carbocycles. The minimum absolute atomic E-state index is 0.129. The lowest BCUT2D eigenvalue weighted by Gasteiger charge is -2.28. The number of hydrogen-bond donors (Lipinski definition) is 2. The molecular weight excluding hydrogens is 414 g/mol. The summed E-state index contributed by atoms with van der Waals surface area (Å²) >= 11 is 3.25. The van der Waals surface area contributed by atoms with Crippen molar-refractivity contribution in [2.75, 3.05) is 16.4 Å². The number of anilines is 2. The molecule has 0 spiro atoms. The fourth-order valence-electron chi connectivity index (χ4n) is 3.47. The van der Waals surface area contributed by atoms with Gasteiger partial charge in [0.15, 0.2) is 0 Å². The first-order chi connectivity index (χ1) is 14.5. The molecule has 0 bridgehead atoms. The SMILES string of the molecule is CCCSc1nc2n(n1)C(c1cccs1)C(C(=O)Nc1cccc(C)c1C)=C(C)N2. The molecule has 1 atom stereocenters. The molecule has 1 aliphatic rings. The molecule has 2 aromatic heterocycles. The fraction of sp³-hybridized carbons (Fsp3) is 0.318. The van der Waals surface area contributed by atoms with E-state index in [4.69, 9.17) is 5.10 Å². The monoisotopic (exact) mass is 439 g/mol. The summed E-state index contributed by atoms with van der Waals surface area (Å²) < 4.78 is 1.84. The molecule has 2 N–H and O–H groups in total. The first-order valence-corrected chi connectivity index (χ1v) is 11.8. The van der Waals surface area contributed by atoms with Gasteiger partial charge in [-0.2, -0.15) is 4.98 Å². The van der Waals surface area contributed by atoms with Gasteiger partial charge in [0, 0.05) is 22.0 Å². The Balaban J connectivity index is 1.73. The maximum atomic E-state index is 13.5. The lowest BCUT2D eigenvalue weighted by Crippen LogP contribution is -2.31. The smallest absolute Gasteiger partial charge is 0.255 e. The number of rotatable bonds is 6. The number of aromatic nitrogens is 3. The molecule has 6 nitrogen and oxygen atoms in total. The number of carbonyl (C=O) groups excluding carboxylic acids is 1. The van der Waals surface area contributed by atoms with E-state index < -0.39 is 0 Å². The highest BCUT2D eigenvalue weighted by atomic mass is 32.2. The molecule has 4 rings (SSSR count). The van der Waals surface area contributed by atoms with E-state index in [1.807, 2.05) is 61.2 Å². The largest absolute Gasteiger partial charge is 0.328 e. The van der Waals surface area contributed by atoms with Crippen LogP contribution in [0.3, 0.4) is 0 Å². The molecule has 3 heterocycles. The number of nitrogens with zero attached hydrogens (tertiary/aromatic N) is 3. The molecule has 8 heteroatoms. The maximum absolute atomic E-state index is 13.5. The molecule has 0 saturated heterocycles. The van der Waals surface area contributed by atoms with E-state index in [0.717, 1.165) is 44.7 Å². The Morgan fingerprint density at radius 2 is 2.10 bits per heavy atom. The van der Waals surface area contributed by atoms with Gasteiger partial charge >= 0.3 is 0 Å². The third-order valence-corrected chi connectivity index (χ3v) is 7.15. The van der Waals surface area contributed by atoms with Crippen LogP contribution in [0.2, 0.25) is 0 Å². The van der Waals surface area contributed by atoms with Gasteiger partial charge in [-0.1, -0.05) is 36.9 Å². The van der Waals surface area contributed by atoms with Crippen molar-refractivity contribution in [1.29, 1.82) is 0 Å². The average molecular weight is 440 g/mol. The summed E-state index contributed by atoms with van der Waals surface area (Å²) in [4.78, 5) is 19.2. The zero-order chi connectivity index (χ0) is 21.3. The van der Waals surface area contributed by atoms with Crippen LogP contribution >= 0.6 is 23.1 Å². The summed E-state index contributed by atoms with van der Waals surface area (Å²) in [5.74, 6) is 1.50. The number of thiophene rings is 1. The molecule has 1 unspecified atom stereocenters. The van der Waals surface area contributed by atoms with E-state index in [-0.39, 0.29) is 11.9 Å². The first kappa shape index (κ1) is 20.7. The van der Waals surface area contributed by atoms with Gasteiger partial charge in [-0.05, 0) is 55.8 Å². The van der Waals surface area contributed by atoms with Crippen LogP contribution in [0.1, 0.15) is 42.3 Å². The number of allylic oxidation sites excluding steroid dienone is 1. The second-order valence-electron chi connectivity index (χ2n) is 7.29. The minimum atomic E-state index is -0.310. The Bertz CT molecular complexity index is 1100. The summed E-state index contributed by atoms with van der Waals surface area (Å²) in [7, 11) is 0. The van der Waals surface area contributed by atoms with E-state index >= 15 is 0 Å². The third-order valence-electron chi connectivity index (χ3n) is 5.18. The fourth-order valence-corrected chi connectivity index (χ4v) is 4.97. The number of aryl methyl sites for hydroxylation is 1. The maximum Gasteiger partial charge on any atom is 0.255 e. The van der Waals surface area contributed by atoms with Crippen LogP contribution in [0.15, 0.2) is 52.1 Å². The number of benzene rings is 1. The van der Waals surface area contributed by atoms with Crippen LogP contribution in [-0.2, 0) is 4.79 Å². The average Bonchev–Trinajstić information content (AvgIpc) is 3.38. The number of fused-ring (bicyclic) bond motifs is 1. The summed E-state index contributed by atoms with van der Waals surface area (Å²) in [6.07, 6.45) is 1.05. The van der Waals surface area contributed by atoms with E-state index in [1.165, 1.54) is 0 Å². The normalized spacial score (nSPS) is 15.7. The van der Waals surface area contributed by atoms with Gasteiger partial charge in [0.2, 0.25) is 11.1 Å². The Hall–Kier alpha value is -2.58. The van der Waals surface area contributed by atoms with Crippen molar-refractivity contribution >= 4 is 40.6 Å². The standard InChI is InChI=1S/C22H25N5OS2/c1-5-11-30-22-25-21-23-15(4)18(19(27(21)26-22)17-10-7-12-29-17)20(28)24-16-9-6-8-13(2)14(16)3/h6-10,12,19H,5,11H2,1-4H3,(H,24,28)(H,23,25,26). The second kappa shape index (κ2) is 8.65. The van der Waals surface area contributed by atoms with Crippen molar-refractivity contribution in [2.45, 2.75) is 45.3 Å². The van der Waals surface area contributed by atoms with E-state index in [1.54, 1.807) is 23.1 Å². The van der Waals surface area contributed by atoms with Crippen molar-refractivity contribution in [3.63, 3.8) is 0 Å². The van der Waals surface area contributed by atoms with Crippen LogP contribution in [0.4, 0.5) is 11.6 Å². The number of nitrogens with one attached hydrogen (secondary N) is 2. The van der Waals surface area contributed by atoms with Gasteiger partial charge < -0.3 is 10.6 Å². The Morgan fingerprint density at radius 1 is 1.27 bits per heavy atom.